The lowest BCUT2D eigenvalue weighted by atomic mass is 10.2. The molecule has 0 aliphatic carbocycles. The number of benzene rings is 1. The van der Waals surface area contributed by atoms with Gasteiger partial charge in [-0.1, -0.05) is 30.3 Å². The predicted octanol–water partition coefficient (Wildman–Crippen LogP) is 1.40. The van der Waals surface area contributed by atoms with Gasteiger partial charge in [-0.25, -0.2) is 4.68 Å². The lowest BCUT2D eigenvalue weighted by Crippen LogP contribution is -2.05. The summed E-state index contributed by atoms with van der Waals surface area (Å²) in [5.41, 5.74) is 7.72. The van der Waals surface area contributed by atoms with E-state index < -0.39 is 0 Å². The van der Waals surface area contributed by atoms with Crippen LogP contribution in [0.4, 0.5) is 0 Å². The first-order valence-electron chi connectivity index (χ1n) is 5.18. The number of nitrogens with two attached hydrogens (primary N) is 1. The van der Waals surface area contributed by atoms with Gasteiger partial charge in [0.05, 0.1) is 19.9 Å². The van der Waals surface area contributed by atoms with Crippen molar-refractivity contribution >= 4 is 0 Å². The molecule has 0 amide bonds. The van der Waals surface area contributed by atoms with Crippen LogP contribution in [-0.2, 0) is 13.1 Å². The molecule has 4 heteroatoms. The number of hydrogen-bond acceptors (Lipinski definition) is 3. The molecule has 1 aromatic heterocycles. The zero-order chi connectivity index (χ0) is 11.4. The zero-order valence-electron chi connectivity index (χ0n) is 9.26. The molecular formula is C12H15N3O. The Labute approximate surface area is 94.6 Å². The number of rotatable bonds is 4. The first-order valence-corrected chi connectivity index (χ1v) is 5.18. The summed E-state index contributed by atoms with van der Waals surface area (Å²) in [5.74, 6) is 0.742. The molecule has 0 unspecified atom stereocenters. The van der Waals surface area contributed by atoms with Crippen molar-refractivity contribution in [2.75, 3.05) is 7.11 Å². The van der Waals surface area contributed by atoms with Crippen LogP contribution in [-0.4, -0.2) is 16.9 Å². The highest BCUT2D eigenvalue weighted by atomic mass is 16.5. The lowest BCUT2D eigenvalue weighted by molar-refractivity contribution is 0.363. The molecule has 16 heavy (non-hydrogen) atoms. The Bertz CT molecular complexity index is 451. The van der Waals surface area contributed by atoms with Crippen molar-refractivity contribution in [2.45, 2.75) is 13.1 Å². The summed E-state index contributed by atoms with van der Waals surface area (Å²) in [5, 5.41) is 4.26. The van der Waals surface area contributed by atoms with Crippen LogP contribution in [0.1, 0.15) is 11.1 Å². The highest BCUT2D eigenvalue weighted by Crippen LogP contribution is 2.18. The van der Waals surface area contributed by atoms with Gasteiger partial charge >= 0.3 is 0 Å². The molecule has 0 saturated carbocycles. The Morgan fingerprint density at radius 3 is 2.69 bits per heavy atom. The van der Waals surface area contributed by atoms with E-state index in [1.54, 1.807) is 13.3 Å². The van der Waals surface area contributed by atoms with E-state index in [1.165, 1.54) is 5.56 Å². The molecule has 0 bridgehead atoms. The number of aromatic nitrogens is 2. The van der Waals surface area contributed by atoms with Crippen LogP contribution in [0.2, 0.25) is 0 Å². The van der Waals surface area contributed by atoms with Gasteiger partial charge in [-0.2, -0.15) is 5.10 Å². The topological polar surface area (TPSA) is 53.1 Å². The third-order valence-corrected chi connectivity index (χ3v) is 2.45. The Hall–Kier alpha value is -1.81. The van der Waals surface area contributed by atoms with Crippen molar-refractivity contribution < 1.29 is 4.74 Å². The standard InChI is InChI=1S/C12H15N3O/c1-16-12-11(7-13)8-14-15(12)9-10-5-3-2-4-6-10/h2-6,8H,7,9,13H2,1H3. The van der Waals surface area contributed by atoms with Crippen LogP contribution in [0, 0.1) is 0 Å². The van der Waals surface area contributed by atoms with Gasteiger partial charge in [0.25, 0.3) is 0 Å². The number of nitrogens with zero attached hydrogens (tertiary/aromatic N) is 2. The fraction of sp³-hybridized carbons (Fsp3) is 0.250. The summed E-state index contributed by atoms with van der Waals surface area (Å²) in [4.78, 5) is 0. The smallest absolute Gasteiger partial charge is 0.216 e. The molecule has 1 aromatic carbocycles. The van der Waals surface area contributed by atoms with E-state index in [0.29, 0.717) is 13.1 Å². The van der Waals surface area contributed by atoms with E-state index in [2.05, 4.69) is 17.2 Å². The molecule has 0 fully saturated rings. The lowest BCUT2D eigenvalue weighted by Gasteiger charge is -2.07. The number of methoxy groups -OCH3 is 1. The van der Waals surface area contributed by atoms with Crippen LogP contribution in [0.15, 0.2) is 36.5 Å². The number of hydrogen-bond donors (Lipinski definition) is 1. The van der Waals surface area contributed by atoms with Gasteiger partial charge < -0.3 is 10.5 Å². The molecular weight excluding hydrogens is 202 g/mol. The summed E-state index contributed by atoms with van der Waals surface area (Å²) in [7, 11) is 1.64. The van der Waals surface area contributed by atoms with Gasteiger partial charge in [-0.3, -0.25) is 0 Å². The average Bonchev–Trinajstić information content (AvgIpc) is 2.72. The zero-order valence-corrected chi connectivity index (χ0v) is 9.26. The summed E-state index contributed by atoms with van der Waals surface area (Å²) < 4.78 is 7.12. The largest absolute Gasteiger partial charge is 0.481 e. The maximum Gasteiger partial charge on any atom is 0.216 e. The van der Waals surface area contributed by atoms with Gasteiger partial charge in [0.1, 0.15) is 0 Å². The normalized spacial score (nSPS) is 10.4. The van der Waals surface area contributed by atoms with Gasteiger partial charge in [-0.15, -0.1) is 0 Å². The van der Waals surface area contributed by atoms with E-state index in [1.807, 2.05) is 22.9 Å². The summed E-state index contributed by atoms with van der Waals surface area (Å²) in [6.07, 6.45) is 1.75. The third-order valence-electron chi connectivity index (χ3n) is 2.45. The van der Waals surface area contributed by atoms with Crippen LogP contribution >= 0.6 is 0 Å². The second kappa shape index (κ2) is 4.81. The Morgan fingerprint density at radius 1 is 1.31 bits per heavy atom. The minimum absolute atomic E-state index is 0.442. The fourth-order valence-corrected chi connectivity index (χ4v) is 1.66. The second-order valence-electron chi connectivity index (χ2n) is 3.53. The van der Waals surface area contributed by atoms with Crippen molar-refractivity contribution in [3.63, 3.8) is 0 Å². The molecule has 4 nitrogen and oxygen atoms in total. The number of ether oxygens (including phenoxy) is 1. The van der Waals surface area contributed by atoms with Crippen LogP contribution < -0.4 is 10.5 Å². The first-order chi connectivity index (χ1) is 7.85. The minimum Gasteiger partial charge on any atom is -0.481 e. The van der Waals surface area contributed by atoms with E-state index in [4.69, 9.17) is 10.5 Å². The molecule has 2 N–H and O–H groups in total. The molecule has 1 heterocycles. The maximum atomic E-state index is 5.60. The van der Waals surface area contributed by atoms with Crippen LogP contribution in [0.3, 0.4) is 0 Å². The van der Waals surface area contributed by atoms with Gasteiger partial charge in [0, 0.05) is 12.1 Å². The maximum absolute atomic E-state index is 5.60. The Balaban J connectivity index is 2.25. The molecule has 0 saturated heterocycles. The molecule has 2 aromatic rings. The van der Waals surface area contributed by atoms with Gasteiger partial charge in [0.2, 0.25) is 5.88 Å². The van der Waals surface area contributed by atoms with Gasteiger partial charge in [0.15, 0.2) is 0 Å². The van der Waals surface area contributed by atoms with E-state index in [-0.39, 0.29) is 0 Å². The van der Waals surface area contributed by atoms with Crippen molar-refractivity contribution in [3.05, 3.63) is 47.7 Å². The Kier molecular flexibility index (Phi) is 3.22. The van der Waals surface area contributed by atoms with Crippen molar-refractivity contribution in [2.24, 2.45) is 5.73 Å². The molecule has 0 atom stereocenters. The fourth-order valence-electron chi connectivity index (χ4n) is 1.66. The molecule has 84 valence electrons. The highest BCUT2D eigenvalue weighted by Gasteiger charge is 2.09. The van der Waals surface area contributed by atoms with Crippen LogP contribution in [0.5, 0.6) is 5.88 Å². The minimum atomic E-state index is 0.442. The first kappa shape index (κ1) is 10.7. The second-order valence-corrected chi connectivity index (χ2v) is 3.53. The SMILES string of the molecule is COc1c(CN)cnn1Cc1ccccc1. The van der Waals surface area contributed by atoms with E-state index in [0.717, 1.165) is 11.4 Å². The van der Waals surface area contributed by atoms with E-state index in [9.17, 15) is 0 Å². The predicted molar refractivity (Wildman–Crippen MR) is 62.2 cm³/mol. The van der Waals surface area contributed by atoms with Crippen molar-refractivity contribution in [1.82, 2.24) is 9.78 Å². The summed E-state index contributed by atoms with van der Waals surface area (Å²) >= 11 is 0. The van der Waals surface area contributed by atoms with E-state index >= 15 is 0 Å². The van der Waals surface area contributed by atoms with Crippen molar-refractivity contribution in [1.29, 1.82) is 0 Å². The highest BCUT2D eigenvalue weighted by molar-refractivity contribution is 5.25. The summed E-state index contributed by atoms with van der Waals surface area (Å²) in [6.45, 7) is 1.14. The summed E-state index contributed by atoms with van der Waals surface area (Å²) in [6, 6.07) is 10.1. The van der Waals surface area contributed by atoms with Gasteiger partial charge in [-0.05, 0) is 5.56 Å². The van der Waals surface area contributed by atoms with Crippen molar-refractivity contribution in [3.8, 4) is 5.88 Å². The molecule has 2 rings (SSSR count). The molecule has 0 aliphatic heterocycles. The third kappa shape index (κ3) is 2.06. The quantitative estimate of drug-likeness (QED) is 0.842. The monoisotopic (exact) mass is 217 g/mol. The molecule has 0 spiro atoms. The molecule has 0 radical (unpaired) electrons. The van der Waals surface area contributed by atoms with Crippen LogP contribution in [0.25, 0.3) is 0 Å². The Morgan fingerprint density at radius 2 is 2.06 bits per heavy atom. The molecule has 0 aliphatic rings. The average molecular weight is 217 g/mol.